The van der Waals surface area contributed by atoms with Gasteiger partial charge in [-0.1, -0.05) is 28.1 Å². The summed E-state index contributed by atoms with van der Waals surface area (Å²) in [5, 5.41) is 3.18. The molecule has 2 heteroatoms. The lowest BCUT2D eigenvalue weighted by atomic mass is 10.2. The minimum Gasteiger partial charge on any atom is -0.149 e. The second kappa shape index (κ2) is 4.73. The average Bonchev–Trinajstić information content (AvgIpc) is 2.37. The number of allylic oxidation sites excluding steroid dienone is 1. The van der Waals surface area contributed by atoms with E-state index in [0.29, 0.717) is 0 Å². The molecule has 0 aliphatic carbocycles. The maximum atomic E-state index is 3.38. The Hall–Kier alpha value is -0.0800. The second-order valence-corrected chi connectivity index (χ2v) is 4.23. The Morgan fingerprint density at radius 3 is 3.00 bits per heavy atom. The van der Waals surface area contributed by atoms with Gasteiger partial charge in [0, 0.05) is 10.2 Å². The van der Waals surface area contributed by atoms with Crippen molar-refractivity contribution < 1.29 is 0 Å². The molecule has 0 unspecified atom stereocenters. The molecule has 0 bridgehead atoms. The number of halogens is 1. The highest BCUT2D eigenvalue weighted by Crippen LogP contribution is 2.16. The molecular formula is C9H11BrS. The SMILES string of the molecule is Cc1sccc1C=CCCBr. The summed E-state index contributed by atoms with van der Waals surface area (Å²) in [6, 6.07) is 2.16. The van der Waals surface area contributed by atoms with Gasteiger partial charge in [0.2, 0.25) is 0 Å². The zero-order chi connectivity index (χ0) is 8.10. The summed E-state index contributed by atoms with van der Waals surface area (Å²) in [4.78, 5) is 1.40. The largest absolute Gasteiger partial charge is 0.149 e. The average molecular weight is 231 g/mol. The van der Waals surface area contributed by atoms with Gasteiger partial charge in [0.25, 0.3) is 0 Å². The molecule has 0 atom stereocenters. The van der Waals surface area contributed by atoms with Gasteiger partial charge in [-0.3, -0.25) is 0 Å². The van der Waals surface area contributed by atoms with Crippen molar-refractivity contribution in [1.82, 2.24) is 0 Å². The predicted octanol–water partition coefficient (Wildman–Crippen LogP) is 3.85. The number of alkyl halides is 1. The zero-order valence-corrected chi connectivity index (χ0v) is 8.91. The summed E-state index contributed by atoms with van der Waals surface area (Å²) >= 11 is 5.18. The van der Waals surface area contributed by atoms with Crippen LogP contribution in [0.5, 0.6) is 0 Å². The summed E-state index contributed by atoms with van der Waals surface area (Å²) < 4.78 is 0. The van der Waals surface area contributed by atoms with Crippen LogP contribution < -0.4 is 0 Å². The first-order valence-electron chi connectivity index (χ1n) is 3.61. The van der Waals surface area contributed by atoms with Gasteiger partial charge in [0.1, 0.15) is 0 Å². The molecule has 1 rings (SSSR count). The number of aryl methyl sites for hydroxylation is 1. The van der Waals surface area contributed by atoms with Crippen molar-refractivity contribution >= 4 is 33.3 Å². The second-order valence-electron chi connectivity index (χ2n) is 2.31. The highest BCUT2D eigenvalue weighted by molar-refractivity contribution is 9.09. The van der Waals surface area contributed by atoms with Crippen LogP contribution in [0.2, 0.25) is 0 Å². The predicted molar refractivity (Wildman–Crippen MR) is 56.5 cm³/mol. The molecule has 0 aromatic carbocycles. The third-order valence-corrected chi connectivity index (χ3v) is 2.79. The van der Waals surface area contributed by atoms with Gasteiger partial charge < -0.3 is 0 Å². The third kappa shape index (κ3) is 2.80. The molecule has 11 heavy (non-hydrogen) atoms. The smallest absolute Gasteiger partial charge is 0.00864 e. The van der Waals surface area contributed by atoms with E-state index in [0.717, 1.165) is 11.8 Å². The van der Waals surface area contributed by atoms with Gasteiger partial charge in [-0.2, -0.15) is 0 Å². The van der Waals surface area contributed by atoms with Crippen LogP contribution in [0.1, 0.15) is 16.9 Å². The van der Waals surface area contributed by atoms with Gasteiger partial charge >= 0.3 is 0 Å². The number of thiophene rings is 1. The quantitative estimate of drug-likeness (QED) is 0.693. The Balaban J connectivity index is 2.56. The van der Waals surface area contributed by atoms with Crippen molar-refractivity contribution in [3.8, 4) is 0 Å². The molecule has 1 aromatic heterocycles. The van der Waals surface area contributed by atoms with Gasteiger partial charge in [0.05, 0.1) is 0 Å². The molecule has 1 aromatic rings. The van der Waals surface area contributed by atoms with E-state index < -0.39 is 0 Å². The lowest BCUT2D eigenvalue weighted by molar-refractivity contribution is 1.27. The summed E-state index contributed by atoms with van der Waals surface area (Å²) in [5.74, 6) is 0. The first-order chi connectivity index (χ1) is 5.34. The van der Waals surface area contributed by atoms with E-state index in [1.807, 2.05) is 0 Å². The third-order valence-electron chi connectivity index (χ3n) is 1.47. The van der Waals surface area contributed by atoms with Crippen LogP contribution in [0.3, 0.4) is 0 Å². The first kappa shape index (κ1) is 9.01. The minimum absolute atomic E-state index is 1.05. The van der Waals surface area contributed by atoms with Gasteiger partial charge in [-0.05, 0) is 30.4 Å². The minimum atomic E-state index is 1.05. The molecule has 0 aliphatic rings. The van der Waals surface area contributed by atoms with Crippen molar-refractivity contribution in [1.29, 1.82) is 0 Å². The van der Waals surface area contributed by atoms with E-state index in [4.69, 9.17) is 0 Å². The highest BCUT2D eigenvalue weighted by atomic mass is 79.9. The molecule has 60 valence electrons. The molecule has 0 saturated carbocycles. The normalized spacial score (nSPS) is 11.1. The van der Waals surface area contributed by atoms with E-state index in [2.05, 4.69) is 46.5 Å². The molecule has 1 heterocycles. The Morgan fingerprint density at radius 2 is 2.45 bits per heavy atom. The van der Waals surface area contributed by atoms with Crippen LogP contribution in [0, 0.1) is 6.92 Å². The Labute approximate surface area is 80.1 Å². The highest BCUT2D eigenvalue weighted by Gasteiger charge is 1.91. The molecule has 0 radical (unpaired) electrons. The number of rotatable bonds is 3. The Bertz CT molecular complexity index is 237. The van der Waals surface area contributed by atoms with Crippen molar-refractivity contribution in [3.05, 3.63) is 28.0 Å². The molecule has 0 amide bonds. The first-order valence-corrected chi connectivity index (χ1v) is 5.61. The van der Waals surface area contributed by atoms with E-state index in [-0.39, 0.29) is 0 Å². The fraction of sp³-hybridized carbons (Fsp3) is 0.333. The molecule has 0 nitrogen and oxygen atoms in total. The Kier molecular flexibility index (Phi) is 3.87. The lowest BCUT2D eigenvalue weighted by Gasteiger charge is -1.87. The van der Waals surface area contributed by atoms with Crippen molar-refractivity contribution in [2.45, 2.75) is 13.3 Å². The summed E-state index contributed by atoms with van der Waals surface area (Å²) in [6.07, 6.45) is 5.49. The molecular weight excluding hydrogens is 220 g/mol. The van der Waals surface area contributed by atoms with Gasteiger partial charge in [0.15, 0.2) is 0 Å². The maximum Gasteiger partial charge on any atom is 0.00864 e. The van der Waals surface area contributed by atoms with E-state index in [9.17, 15) is 0 Å². The number of hydrogen-bond acceptors (Lipinski definition) is 1. The van der Waals surface area contributed by atoms with Gasteiger partial charge in [-0.25, -0.2) is 0 Å². The summed E-state index contributed by atoms with van der Waals surface area (Å²) in [7, 11) is 0. The van der Waals surface area contributed by atoms with Crippen molar-refractivity contribution in [3.63, 3.8) is 0 Å². The van der Waals surface area contributed by atoms with Crippen LogP contribution >= 0.6 is 27.3 Å². The van der Waals surface area contributed by atoms with Crippen LogP contribution in [-0.2, 0) is 0 Å². The molecule has 0 fully saturated rings. The zero-order valence-electron chi connectivity index (χ0n) is 6.51. The molecule has 0 saturated heterocycles. The summed E-state index contributed by atoms with van der Waals surface area (Å²) in [6.45, 7) is 2.15. The van der Waals surface area contributed by atoms with Crippen LogP contribution in [0.15, 0.2) is 17.5 Å². The maximum absolute atomic E-state index is 3.38. The van der Waals surface area contributed by atoms with Crippen molar-refractivity contribution in [2.24, 2.45) is 0 Å². The summed E-state index contributed by atoms with van der Waals surface area (Å²) in [5.41, 5.74) is 1.36. The topological polar surface area (TPSA) is 0 Å². The standard InChI is InChI=1S/C9H11BrS/c1-8-9(5-7-11-8)4-2-3-6-10/h2,4-5,7H,3,6H2,1H3. The Morgan fingerprint density at radius 1 is 1.64 bits per heavy atom. The molecule has 0 aliphatic heterocycles. The van der Waals surface area contributed by atoms with Crippen LogP contribution in [-0.4, -0.2) is 5.33 Å². The molecule has 0 N–H and O–H groups in total. The van der Waals surface area contributed by atoms with E-state index in [1.54, 1.807) is 11.3 Å². The lowest BCUT2D eigenvalue weighted by Crippen LogP contribution is -1.69. The molecule has 0 spiro atoms. The fourth-order valence-electron chi connectivity index (χ4n) is 0.841. The van der Waals surface area contributed by atoms with Crippen molar-refractivity contribution in [2.75, 3.05) is 5.33 Å². The van der Waals surface area contributed by atoms with E-state index in [1.165, 1.54) is 10.4 Å². The van der Waals surface area contributed by atoms with Gasteiger partial charge in [-0.15, -0.1) is 11.3 Å². The fourth-order valence-corrected chi connectivity index (χ4v) is 1.80. The van der Waals surface area contributed by atoms with Crippen LogP contribution in [0.4, 0.5) is 0 Å². The van der Waals surface area contributed by atoms with E-state index >= 15 is 0 Å². The monoisotopic (exact) mass is 230 g/mol. The van der Waals surface area contributed by atoms with Crippen LogP contribution in [0.25, 0.3) is 6.08 Å². The number of hydrogen-bond donors (Lipinski definition) is 0.